The lowest BCUT2D eigenvalue weighted by molar-refractivity contribution is -0.140. The first-order valence-corrected chi connectivity index (χ1v) is 9.40. The van der Waals surface area contributed by atoms with E-state index in [0.29, 0.717) is 25.3 Å². The molecule has 1 spiro atoms. The fraction of sp³-hybridized carbons (Fsp3) is 0.579. The van der Waals surface area contributed by atoms with Crippen molar-refractivity contribution in [2.45, 2.75) is 39.2 Å². The molecule has 2 aliphatic rings. The van der Waals surface area contributed by atoms with E-state index in [-0.39, 0.29) is 22.3 Å². The second kappa shape index (κ2) is 7.43. The average molecular weight is 383 g/mol. The second-order valence-corrected chi connectivity index (χ2v) is 7.65. The van der Waals surface area contributed by atoms with Crippen LogP contribution in [-0.2, 0) is 9.59 Å². The lowest BCUT2D eigenvalue weighted by Crippen LogP contribution is -2.48. The number of ether oxygens (including phenoxy) is 1. The molecule has 7 heteroatoms. The third kappa shape index (κ3) is 3.80. The van der Waals surface area contributed by atoms with Gasteiger partial charge in [0.1, 0.15) is 11.6 Å². The minimum absolute atomic E-state index is 0.00817. The molecule has 5 nitrogen and oxygen atoms in total. The molecule has 2 aliphatic heterocycles. The Bertz CT molecular complexity index is 704. The van der Waals surface area contributed by atoms with E-state index in [9.17, 15) is 14.0 Å². The normalized spacial score (nSPS) is 20.5. The van der Waals surface area contributed by atoms with E-state index in [2.05, 4.69) is 0 Å². The van der Waals surface area contributed by atoms with Crippen LogP contribution in [0, 0.1) is 11.2 Å². The number of hydrogen-bond acceptors (Lipinski definition) is 3. The smallest absolute Gasteiger partial charge is 0.263 e. The number of hydrogen-bond donors (Lipinski definition) is 0. The summed E-state index contributed by atoms with van der Waals surface area (Å²) in [5.41, 5.74) is 0.00817. The molecule has 1 aromatic rings. The Morgan fingerprint density at radius 1 is 1.38 bits per heavy atom. The van der Waals surface area contributed by atoms with Crippen LogP contribution >= 0.6 is 11.6 Å². The van der Waals surface area contributed by atoms with Crippen molar-refractivity contribution in [3.63, 3.8) is 0 Å². The van der Waals surface area contributed by atoms with Gasteiger partial charge in [0.2, 0.25) is 5.91 Å². The molecule has 0 saturated carbocycles. The molecule has 2 heterocycles. The maximum absolute atomic E-state index is 13.1. The molecule has 0 radical (unpaired) electrons. The first kappa shape index (κ1) is 19.0. The van der Waals surface area contributed by atoms with Gasteiger partial charge in [-0.3, -0.25) is 9.59 Å². The molecule has 0 N–H and O–H groups in total. The Morgan fingerprint density at radius 2 is 2.08 bits per heavy atom. The van der Waals surface area contributed by atoms with Crippen molar-refractivity contribution >= 4 is 23.4 Å². The highest BCUT2D eigenvalue weighted by atomic mass is 35.5. The van der Waals surface area contributed by atoms with E-state index in [0.717, 1.165) is 32.0 Å². The van der Waals surface area contributed by atoms with Gasteiger partial charge >= 0.3 is 0 Å². The summed E-state index contributed by atoms with van der Waals surface area (Å²) in [5, 5.41) is 0.145. The summed E-state index contributed by atoms with van der Waals surface area (Å²) >= 11 is 5.96. The number of piperidine rings is 1. The van der Waals surface area contributed by atoms with E-state index in [1.165, 1.54) is 12.1 Å². The third-order valence-electron chi connectivity index (χ3n) is 5.47. The van der Waals surface area contributed by atoms with Crippen LogP contribution in [-0.4, -0.2) is 53.9 Å². The van der Waals surface area contributed by atoms with E-state index in [1.807, 2.05) is 11.8 Å². The monoisotopic (exact) mass is 382 g/mol. The van der Waals surface area contributed by atoms with Gasteiger partial charge < -0.3 is 14.5 Å². The zero-order chi connectivity index (χ0) is 18.9. The number of carbonyl (C=O) groups is 2. The quantitative estimate of drug-likeness (QED) is 0.804. The van der Waals surface area contributed by atoms with Crippen LogP contribution < -0.4 is 4.74 Å². The summed E-state index contributed by atoms with van der Waals surface area (Å²) in [6.07, 6.45) is 1.53. The molecular formula is C19H24ClFN2O3. The molecule has 0 unspecified atom stereocenters. The van der Waals surface area contributed by atoms with E-state index < -0.39 is 11.9 Å². The zero-order valence-electron chi connectivity index (χ0n) is 15.1. The summed E-state index contributed by atoms with van der Waals surface area (Å²) in [6, 6.07) is 3.84. The average Bonchev–Trinajstić information content (AvgIpc) is 2.92. The predicted molar refractivity (Wildman–Crippen MR) is 96.6 cm³/mol. The highest BCUT2D eigenvalue weighted by Gasteiger charge is 2.45. The Labute approximate surface area is 158 Å². The Hall–Kier alpha value is -1.82. The molecule has 3 rings (SSSR count). The van der Waals surface area contributed by atoms with Gasteiger partial charge in [0.15, 0.2) is 6.10 Å². The van der Waals surface area contributed by atoms with Gasteiger partial charge in [0.25, 0.3) is 5.91 Å². The van der Waals surface area contributed by atoms with Crippen molar-refractivity contribution in [1.29, 1.82) is 0 Å². The first-order valence-electron chi connectivity index (χ1n) is 9.02. The van der Waals surface area contributed by atoms with Crippen molar-refractivity contribution in [2.24, 2.45) is 5.41 Å². The van der Waals surface area contributed by atoms with Crippen molar-refractivity contribution in [1.82, 2.24) is 9.80 Å². The molecule has 26 heavy (non-hydrogen) atoms. The number of rotatable bonds is 4. The van der Waals surface area contributed by atoms with Crippen LogP contribution in [0.1, 0.15) is 33.1 Å². The van der Waals surface area contributed by atoms with Crippen molar-refractivity contribution < 1.29 is 18.7 Å². The predicted octanol–water partition coefficient (Wildman–Crippen LogP) is 3.11. The lowest BCUT2D eigenvalue weighted by atomic mass is 9.77. The second-order valence-electron chi connectivity index (χ2n) is 7.24. The third-order valence-corrected chi connectivity index (χ3v) is 5.76. The maximum atomic E-state index is 13.1. The number of amides is 2. The van der Waals surface area contributed by atoms with Crippen LogP contribution in [0.5, 0.6) is 5.75 Å². The van der Waals surface area contributed by atoms with Gasteiger partial charge in [-0.1, -0.05) is 11.6 Å². The van der Waals surface area contributed by atoms with E-state index in [1.54, 1.807) is 11.8 Å². The van der Waals surface area contributed by atoms with Crippen LogP contribution in [0.15, 0.2) is 18.2 Å². The van der Waals surface area contributed by atoms with Crippen LogP contribution in [0.25, 0.3) is 0 Å². The molecule has 0 bridgehead atoms. The Kier molecular flexibility index (Phi) is 5.42. The molecule has 142 valence electrons. The Balaban J connectivity index is 1.57. The standard InChI is InChI=1S/C19H24ClFN2O3/c1-3-22-12-19(11-17(22)24)6-8-23(9-7-19)18(25)13(2)26-16-5-4-14(21)10-15(16)20/h4-5,10,13H,3,6-9,11-12H2,1-2H3/t13-/m1/s1. The molecule has 1 aromatic carbocycles. The number of halogens is 2. The Morgan fingerprint density at radius 3 is 2.65 bits per heavy atom. The van der Waals surface area contributed by atoms with Gasteiger partial charge in [-0.25, -0.2) is 4.39 Å². The topological polar surface area (TPSA) is 49.9 Å². The maximum Gasteiger partial charge on any atom is 0.263 e. The highest BCUT2D eigenvalue weighted by Crippen LogP contribution is 2.41. The fourth-order valence-corrected chi connectivity index (χ4v) is 4.09. The van der Waals surface area contributed by atoms with Gasteiger partial charge in [-0.05, 0) is 44.9 Å². The number of carbonyl (C=O) groups excluding carboxylic acids is 2. The summed E-state index contributed by atoms with van der Waals surface area (Å²) < 4.78 is 18.7. The minimum atomic E-state index is -0.704. The number of benzene rings is 1. The lowest BCUT2D eigenvalue weighted by Gasteiger charge is -2.39. The summed E-state index contributed by atoms with van der Waals surface area (Å²) in [6.45, 7) is 6.44. The van der Waals surface area contributed by atoms with Crippen LogP contribution in [0.2, 0.25) is 5.02 Å². The van der Waals surface area contributed by atoms with Crippen LogP contribution in [0.3, 0.4) is 0 Å². The largest absolute Gasteiger partial charge is 0.479 e. The molecule has 0 aliphatic carbocycles. The molecule has 2 saturated heterocycles. The summed E-state index contributed by atoms with van der Waals surface area (Å²) in [7, 11) is 0. The van der Waals surface area contributed by atoms with E-state index in [4.69, 9.17) is 16.3 Å². The van der Waals surface area contributed by atoms with E-state index >= 15 is 0 Å². The van der Waals surface area contributed by atoms with Crippen molar-refractivity contribution in [3.8, 4) is 5.75 Å². The van der Waals surface area contributed by atoms with Crippen molar-refractivity contribution in [2.75, 3.05) is 26.2 Å². The number of likely N-dealkylation sites (tertiary alicyclic amines) is 2. The SMILES string of the molecule is CCN1CC2(CCN(C(=O)[C@@H](C)Oc3ccc(F)cc3Cl)CC2)CC1=O. The van der Waals surface area contributed by atoms with Crippen molar-refractivity contribution in [3.05, 3.63) is 29.0 Å². The molecule has 0 aromatic heterocycles. The summed E-state index contributed by atoms with van der Waals surface area (Å²) in [5.74, 6) is -0.0518. The molecule has 2 fully saturated rings. The van der Waals surface area contributed by atoms with Gasteiger partial charge in [-0.15, -0.1) is 0 Å². The molecular weight excluding hydrogens is 359 g/mol. The van der Waals surface area contributed by atoms with Gasteiger partial charge in [0.05, 0.1) is 5.02 Å². The fourth-order valence-electron chi connectivity index (χ4n) is 3.87. The summed E-state index contributed by atoms with van der Waals surface area (Å²) in [4.78, 5) is 28.4. The van der Waals surface area contributed by atoms with Gasteiger partial charge in [-0.2, -0.15) is 0 Å². The van der Waals surface area contributed by atoms with Gasteiger partial charge in [0, 0.05) is 38.0 Å². The first-order chi connectivity index (χ1) is 12.3. The molecule has 2 amide bonds. The minimum Gasteiger partial charge on any atom is -0.479 e. The zero-order valence-corrected chi connectivity index (χ0v) is 15.9. The molecule has 1 atom stereocenters. The van der Waals surface area contributed by atoms with Crippen LogP contribution in [0.4, 0.5) is 4.39 Å². The number of nitrogens with zero attached hydrogens (tertiary/aromatic N) is 2. The highest BCUT2D eigenvalue weighted by molar-refractivity contribution is 6.32.